The molecule has 0 saturated heterocycles. The molecule has 1 aromatic carbocycles. The van der Waals surface area contributed by atoms with Crippen LogP contribution in [0.15, 0.2) is 30.6 Å². The Bertz CT molecular complexity index is 1220. The normalized spacial score (nSPS) is 10.3. The summed E-state index contributed by atoms with van der Waals surface area (Å²) in [4.78, 5) is 47.3. The van der Waals surface area contributed by atoms with E-state index >= 15 is 0 Å². The maximum atomic E-state index is 12.5. The first-order valence-electron chi connectivity index (χ1n) is 7.87. The van der Waals surface area contributed by atoms with Crippen LogP contribution in [-0.2, 0) is 6.42 Å². The minimum atomic E-state index is -1.76. The fourth-order valence-corrected chi connectivity index (χ4v) is 2.96. The number of carboxylic acids is 2. The first kappa shape index (κ1) is 25.4. The molecule has 140 valence electrons. The van der Waals surface area contributed by atoms with Gasteiger partial charge in [0.15, 0.2) is 28.0 Å². The quantitative estimate of drug-likeness (QED) is 0.291. The molecule has 3 rings (SSSR count). The fourth-order valence-electron chi connectivity index (χ4n) is 2.96. The van der Waals surface area contributed by atoms with Crippen molar-refractivity contribution in [3.63, 3.8) is 0 Å². The molecule has 0 saturated carbocycles. The van der Waals surface area contributed by atoms with Gasteiger partial charge in [-0.15, -0.1) is 0 Å². The summed E-state index contributed by atoms with van der Waals surface area (Å²) in [5.41, 5.74) is -1.86. The Morgan fingerprint density at radius 1 is 0.931 bits per heavy atom. The first-order chi connectivity index (χ1) is 12.8. The Hall–Kier alpha value is -1.62. The summed E-state index contributed by atoms with van der Waals surface area (Å²) in [5.74, 6) is -4.96. The molecule has 2 heterocycles. The second-order valence-electron chi connectivity index (χ2n) is 5.69. The van der Waals surface area contributed by atoms with E-state index in [1.54, 1.807) is 0 Å². The molecule has 0 fully saturated rings. The van der Waals surface area contributed by atoms with Crippen LogP contribution in [0.25, 0.3) is 21.9 Å². The molecule has 9 nitrogen and oxygen atoms in total. The summed E-state index contributed by atoms with van der Waals surface area (Å²) in [5, 5.41) is 21.9. The molecule has 0 aliphatic carbocycles. The molecule has 11 heteroatoms. The molecule has 0 bridgehead atoms. The van der Waals surface area contributed by atoms with E-state index in [-0.39, 0.29) is 98.8 Å². The van der Waals surface area contributed by atoms with E-state index in [1.165, 1.54) is 7.11 Å². The van der Waals surface area contributed by atoms with Gasteiger partial charge in [0.25, 0.3) is 0 Å². The van der Waals surface area contributed by atoms with Crippen LogP contribution >= 0.6 is 0 Å². The van der Waals surface area contributed by atoms with Crippen LogP contribution in [0.2, 0.25) is 0 Å². The number of hydrogen-bond acceptors (Lipinski definition) is 9. The molecule has 0 unspecified atom stereocenters. The molecular formula is C18H12Na2O9. The van der Waals surface area contributed by atoms with Crippen molar-refractivity contribution in [1.29, 1.82) is 0 Å². The standard InChI is InChI=1S/C18H14O9.2Na/c1-3-4-7-14(25-2)12-8(19)5-11(18(23)24)27-16(12)13-9(20)6-10(17(21)22)26-15(7)13;;/h5-6H,3-4H2,1-2H3,(H,21,22)(H,23,24);;/q;2*+1/p-2. The van der Waals surface area contributed by atoms with Gasteiger partial charge in [-0.2, -0.15) is 0 Å². The van der Waals surface area contributed by atoms with Gasteiger partial charge in [-0.25, -0.2) is 0 Å². The summed E-state index contributed by atoms with van der Waals surface area (Å²) in [6.07, 6.45) is 0.843. The van der Waals surface area contributed by atoms with E-state index in [2.05, 4.69) is 0 Å². The van der Waals surface area contributed by atoms with E-state index in [9.17, 15) is 29.4 Å². The molecular weight excluding hydrogens is 406 g/mol. The number of aryl methyl sites for hydroxylation is 1. The summed E-state index contributed by atoms with van der Waals surface area (Å²) >= 11 is 0. The zero-order chi connectivity index (χ0) is 19.9. The molecule has 0 N–H and O–H groups in total. The summed E-state index contributed by atoms with van der Waals surface area (Å²) in [6.45, 7) is 1.82. The summed E-state index contributed by atoms with van der Waals surface area (Å²) in [7, 11) is 1.27. The average Bonchev–Trinajstić information content (AvgIpc) is 2.61. The maximum Gasteiger partial charge on any atom is 1.00 e. The Morgan fingerprint density at radius 2 is 1.41 bits per heavy atom. The first-order valence-corrected chi connectivity index (χ1v) is 7.87. The molecule has 0 spiro atoms. The molecule has 0 amide bonds. The van der Waals surface area contributed by atoms with Crippen molar-refractivity contribution in [3.05, 3.63) is 49.7 Å². The van der Waals surface area contributed by atoms with Gasteiger partial charge in [-0.3, -0.25) is 9.59 Å². The third-order valence-electron chi connectivity index (χ3n) is 4.00. The number of ether oxygens (including phenoxy) is 1. The Kier molecular flexibility index (Phi) is 8.70. The second kappa shape index (κ2) is 9.92. The van der Waals surface area contributed by atoms with Crippen LogP contribution in [0.4, 0.5) is 0 Å². The number of hydrogen-bond donors (Lipinski definition) is 0. The van der Waals surface area contributed by atoms with Crippen molar-refractivity contribution in [2.45, 2.75) is 19.8 Å². The number of carbonyl (C=O) groups is 2. The average molecular weight is 418 g/mol. The smallest absolute Gasteiger partial charge is 0.542 e. The molecule has 0 atom stereocenters. The number of rotatable bonds is 5. The third kappa shape index (κ3) is 4.45. The minimum Gasteiger partial charge on any atom is -0.542 e. The van der Waals surface area contributed by atoms with Crippen molar-refractivity contribution < 1.29 is 92.5 Å². The summed E-state index contributed by atoms with van der Waals surface area (Å²) < 4.78 is 15.8. The number of fused-ring (bicyclic) bond motifs is 3. The van der Waals surface area contributed by atoms with E-state index < -0.39 is 34.3 Å². The SMILES string of the molecule is CCCc1c(OC)c2c(=O)cc(C(=O)[O-])oc2c2c(=O)cc(C(=O)[O-])oc12.[Na+].[Na+]. The Labute approximate surface area is 207 Å². The van der Waals surface area contributed by atoms with Crippen LogP contribution in [0.5, 0.6) is 5.75 Å². The van der Waals surface area contributed by atoms with Crippen molar-refractivity contribution >= 4 is 33.9 Å². The zero-order valence-electron chi connectivity index (χ0n) is 16.2. The third-order valence-corrected chi connectivity index (χ3v) is 4.00. The van der Waals surface area contributed by atoms with Crippen LogP contribution in [0, 0.1) is 0 Å². The predicted octanol–water partition coefficient (Wildman–Crippen LogP) is -6.40. The second-order valence-corrected chi connectivity index (χ2v) is 5.69. The molecule has 2 aromatic heterocycles. The van der Waals surface area contributed by atoms with E-state index in [0.29, 0.717) is 12.5 Å². The van der Waals surface area contributed by atoms with Gasteiger partial charge < -0.3 is 33.4 Å². The van der Waals surface area contributed by atoms with E-state index in [0.717, 1.165) is 6.07 Å². The van der Waals surface area contributed by atoms with Crippen molar-refractivity contribution in [1.82, 2.24) is 0 Å². The molecule has 0 radical (unpaired) electrons. The predicted molar refractivity (Wildman–Crippen MR) is 87.7 cm³/mol. The van der Waals surface area contributed by atoms with E-state index in [4.69, 9.17) is 13.6 Å². The topological polar surface area (TPSA) is 150 Å². The van der Waals surface area contributed by atoms with Gasteiger partial charge in [0, 0.05) is 17.7 Å². The van der Waals surface area contributed by atoms with Gasteiger partial charge >= 0.3 is 59.1 Å². The number of aromatic carboxylic acids is 2. The minimum absolute atomic E-state index is 0. The van der Waals surface area contributed by atoms with Gasteiger partial charge in [0.2, 0.25) is 0 Å². The molecule has 0 aliphatic heterocycles. The number of carbonyl (C=O) groups excluding carboxylic acids is 2. The van der Waals surface area contributed by atoms with Gasteiger partial charge in [-0.1, -0.05) is 13.3 Å². The monoisotopic (exact) mass is 418 g/mol. The Balaban J connectivity index is 0.00000210. The number of methoxy groups -OCH3 is 1. The summed E-state index contributed by atoms with van der Waals surface area (Å²) in [6, 6.07) is 1.39. The van der Waals surface area contributed by atoms with Crippen molar-refractivity contribution in [2.24, 2.45) is 0 Å². The molecule has 29 heavy (non-hydrogen) atoms. The van der Waals surface area contributed by atoms with Gasteiger partial charge in [0.05, 0.1) is 7.11 Å². The van der Waals surface area contributed by atoms with Gasteiger partial charge in [0.1, 0.15) is 34.0 Å². The molecule has 3 aromatic rings. The van der Waals surface area contributed by atoms with Crippen LogP contribution in [0.3, 0.4) is 0 Å². The largest absolute Gasteiger partial charge is 1.00 e. The van der Waals surface area contributed by atoms with Crippen molar-refractivity contribution in [3.8, 4) is 5.75 Å². The maximum absolute atomic E-state index is 12.5. The fraction of sp³-hybridized carbons (Fsp3) is 0.222. The zero-order valence-corrected chi connectivity index (χ0v) is 20.2. The van der Waals surface area contributed by atoms with Crippen LogP contribution < -0.4 is 84.9 Å². The van der Waals surface area contributed by atoms with Crippen molar-refractivity contribution in [2.75, 3.05) is 7.11 Å². The van der Waals surface area contributed by atoms with Crippen LogP contribution in [-0.4, -0.2) is 19.0 Å². The van der Waals surface area contributed by atoms with E-state index in [1.807, 2.05) is 6.92 Å². The number of carboxylic acid groups (broad SMARTS) is 2. The van der Waals surface area contributed by atoms with Gasteiger partial charge in [-0.05, 0) is 6.42 Å². The Morgan fingerprint density at radius 3 is 1.86 bits per heavy atom. The van der Waals surface area contributed by atoms with Crippen LogP contribution in [0.1, 0.15) is 40.0 Å². The number of benzene rings is 1. The molecule has 0 aliphatic rings.